The lowest BCUT2D eigenvalue weighted by molar-refractivity contribution is 0.0853. The van der Waals surface area contributed by atoms with Gasteiger partial charge in [-0.1, -0.05) is 14.9 Å². The number of halogens is 3. The Hall–Kier alpha value is -0.340. The average molecular weight is 258 g/mol. The number of alkyl halides is 3. The van der Waals surface area contributed by atoms with E-state index in [4.69, 9.17) is 4.55 Å². The first kappa shape index (κ1) is 29.3. The fourth-order valence-corrected chi connectivity index (χ4v) is 0.410. The standard InChI is InChI=1S/C2H5FO4S.C2H5F.CH3F.2CH4/c3-1-7-2-8(4,5)6;1-2-3;1-2;;/h1-2H2,(H,4,5,6);2H2,1H3;1H3;2*1H4. The van der Waals surface area contributed by atoms with E-state index in [1.165, 1.54) is 6.92 Å². The van der Waals surface area contributed by atoms with Crippen molar-refractivity contribution < 1.29 is 30.9 Å². The summed E-state index contributed by atoms with van der Waals surface area (Å²) in [5.41, 5.74) is 0. The molecule has 0 heterocycles. The number of hydrogen-bond donors (Lipinski definition) is 1. The summed E-state index contributed by atoms with van der Waals surface area (Å²) < 4.78 is 61.5. The van der Waals surface area contributed by atoms with Crippen molar-refractivity contribution in [2.24, 2.45) is 0 Å². The first-order chi connectivity index (χ1) is 5.97. The monoisotopic (exact) mass is 258 g/mol. The van der Waals surface area contributed by atoms with E-state index in [1.807, 2.05) is 0 Å². The molecule has 0 radical (unpaired) electrons. The minimum atomic E-state index is -4.15. The first-order valence-electron chi connectivity index (χ1n) is 3.00. The van der Waals surface area contributed by atoms with Crippen molar-refractivity contribution in [2.45, 2.75) is 21.8 Å². The van der Waals surface area contributed by atoms with Crippen molar-refractivity contribution in [1.29, 1.82) is 0 Å². The van der Waals surface area contributed by atoms with Crippen LogP contribution in [0.3, 0.4) is 0 Å². The third-order valence-electron chi connectivity index (χ3n) is 0.309. The van der Waals surface area contributed by atoms with Crippen molar-refractivity contribution >= 4 is 10.1 Å². The molecular formula is C7H21F3O4S. The molecule has 0 saturated heterocycles. The van der Waals surface area contributed by atoms with Crippen LogP contribution >= 0.6 is 0 Å². The van der Waals surface area contributed by atoms with Crippen LogP contribution in [0, 0.1) is 0 Å². The summed E-state index contributed by atoms with van der Waals surface area (Å²) in [5, 5.41) is 0. The van der Waals surface area contributed by atoms with E-state index in [1.54, 1.807) is 0 Å². The predicted molar refractivity (Wildman–Crippen MR) is 55.6 cm³/mol. The average Bonchev–Trinajstić information content (AvgIpc) is 2.05. The second kappa shape index (κ2) is 23.5. The molecule has 0 atom stereocenters. The van der Waals surface area contributed by atoms with Gasteiger partial charge in [0.1, 0.15) is 0 Å². The lowest BCUT2D eigenvalue weighted by Crippen LogP contribution is -2.06. The minimum Gasteiger partial charge on any atom is -0.332 e. The van der Waals surface area contributed by atoms with Crippen LogP contribution in [0.25, 0.3) is 0 Å². The molecule has 0 aliphatic rings. The number of rotatable bonds is 3. The predicted octanol–water partition coefficient (Wildman–Crippen LogP) is 2.61. The maximum Gasteiger partial charge on any atom is 0.289 e. The molecular weight excluding hydrogens is 237 g/mol. The minimum absolute atomic E-state index is 0. The Morgan fingerprint density at radius 1 is 1.20 bits per heavy atom. The highest BCUT2D eigenvalue weighted by Gasteiger charge is 2.01. The highest BCUT2D eigenvalue weighted by Crippen LogP contribution is 1.82. The van der Waals surface area contributed by atoms with Crippen LogP contribution in [0.1, 0.15) is 21.8 Å². The molecule has 0 amide bonds. The topological polar surface area (TPSA) is 63.6 Å². The van der Waals surface area contributed by atoms with Crippen LogP contribution in [-0.2, 0) is 14.9 Å². The van der Waals surface area contributed by atoms with E-state index in [0.717, 1.165) is 0 Å². The Morgan fingerprint density at radius 2 is 1.47 bits per heavy atom. The van der Waals surface area contributed by atoms with E-state index in [-0.39, 0.29) is 21.5 Å². The Morgan fingerprint density at radius 3 is 1.53 bits per heavy atom. The highest BCUT2D eigenvalue weighted by molar-refractivity contribution is 7.85. The largest absolute Gasteiger partial charge is 0.332 e. The van der Waals surface area contributed by atoms with Gasteiger partial charge >= 0.3 is 0 Å². The lowest BCUT2D eigenvalue weighted by Gasteiger charge is -1.91. The smallest absolute Gasteiger partial charge is 0.289 e. The summed E-state index contributed by atoms with van der Waals surface area (Å²) in [7, 11) is -3.65. The second-order valence-electron chi connectivity index (χ2n) is 1.28. The molecule has 8 heteroatoms. The molecule has 0 aliphatic heterocycles. The molecule has 4 nitrogen and oxygen atoms in total. The molecule has 0 aromatic carbocycles. The highest BCUT2D eigenvalue weighted by atomic mass is 32.2. The molecule has 100 valence electrons. The van der Waals surface area contributed by atoms with E-state index >= 15 is 0 Å². The molecule has 0 aromatic heterocycles. The normalized spacial score (nSPS) is 7.87. The summed E-state index contributed by atoms with van der Waals surface area (Å²) in [6.45, 7) is -0.000208. The van der Waals surface area contributed by atoms with Gasteiger partial charge in [0.25, 0.3) is 10.1 Å². The van der Waals surface area contributed by atoms with Crippen LogP contribution in [0.2, 0.25) is 0 Å². The quantitative estimate of drug-likeness (QED) is 0.790. The van der Waals surface area contributed by atoms with Gasteiger partial charge in [-0.05, 0) is 6.92 Å². The fourth-order valence-electron chi connectivity index (χ4n) is 0.137. The van der Waals surface area contributed by atoms with Gasteiger partial charge in [-0.25, -0.2) is 4.39 Å². The second-order valence-corrected chi connectivity index (χ2v) is 2.68. The van der Waals surface area contributed by atoms with Crippen LogP contribution in [0.15, 0.2) is 0 Å². The van der Waals surface area contributed by atoms with Gasteiger partial charge in [0.2, 0.25) is 0 Å². The van der Waals surface area contributed by atoms with Crippen molar-refractivity contribution in [2.75, 3.05) is 26.7 Å². The van der Waals surface area contributed by atoms with E-state index in [0.29, 0.717) is 7.18 Å². The van der Waals surface area contributed by atoms with Gasteiger partial charge in [-0.15, -0.1) is 0 Å². The van der Waals surface area contributed by atoms with Gasteiger partial charge in [0.15, 0.2) is 12.8 Å². The Labute approximate surface area is 90.2 Å². The molecule has 0 rings (SSSR count). The van der Waals surface area contributed by atoms with Crippen LogP contribution in [-0.4, -0.2) is 39.6 Å². The van der Waals surface area contributed by atoms with Crippen LogP contribution < -0.4 is 0 Å². The Balaban J connectivity index is -0.0000000415. The van der Waals surface area contributed by atoms with Crippen molar-refractivity contribution in [3.63, 3.8) is 0 Å². The molecule has 0 unspecified atom stereocenters. The maximum atomic E-state index is 10.9. The zero-order chi connectivity index (χ0) is 11.3. The fraction of sp³-hybridized carbons (Fsp3) is 1.00. The van der Waals surface area contributed by atoms with E-state index in [9.17, 15) is 21.6 Å². The van der Waals surface area contributed by atoms with Crippen molar-refractivity contribution in [3.05, 3.63) is 0 Å². The van der Waals surface area contributed by atoms with Gasteiger partial charge in [-0.2, -0.15) is 8.42 Å². The number of hydrogen-bond acceptors (Lipinski definition) is 3. The first-order valence-corrected chi connectivity index (χ1v) is 4.61. The summed E-state index contributed by atoms with van der Waals surface area (Å²) in [6.07, 6.45) is 0. The van der Waals surface area contributed by atoms with Gasteiger partial charge in [0, 0.05) is 0 Å². The SMILES string of the molecule is C.C.CCF.CF.O=S(=O)(O)COCF. The summed E-state index contributed by atoms with van der Waals surface area (Å²) in [4.78, 5) is 0. The zero-order valence-corrected chi connectivity index (χ0v) is 8.15. The molecule has 0 bridgehead atoms. The molecule has 0 aliphatic carbocycles. The Bertz CT molecular complexity index is 162. The van der Waals surface area contributed by atoms with Gasteiger partial charge in [0.05, 0.1) is 13.9 Å². The van der Waals surface area contributed by atoms with Gasteiger partial charge in [-0.3, -0.25) is 13.3 Å². The molecule has 15 heavy (non-hydrogen) atoms. The summed E-state index contributed by atoms with van der Waals surface area (Å²) in [6, 6.07) is 0. The van der Waals surface area contributed by atoms with Crippen molar-refractivity contribution in [3.8, 4) is 0 Å². The third-order valence-corrected chi connectivity index (χ3v) is 0.774. The van der Waals surface area contributed by atoms with Crippen LogP contribution in [0.5, 0.6) is 0 Å². The zero-order valence-electron chi connectivity index (χ0n) is 7.34. The van der Waals surface area contributed by atoms with Gasteiger partial charge < -0.3 is 4.74 Å². The molecule has 0 fully saturated rings. The molecule has 0 spiro atoms. The summed E-state index contributed by atoms with van der Waals surface area (Å²) >= 11 is 0. The molecule has 1 N–H and O–H groups in total. The van der Waals surface area contributed by atoms with E-state index < -0.39 is 22.9 Å². The number of ether oxygens (including phenoxy) is 1. The third kappa shape index (κ3) is 85.5. The van der Waals surface area contributed by atoms with Crippen LogP contribution in [0.4, 0.5) is 13.2 Å². The molecule has 0 saturated carbocycles. The van der Waals surface area contributed by atoms with E-state index in [2.05, 4.69) is 4.74 Å². The maximum absolute atomic E-state index is 10.9. The Kier molecular flexibility index (Phi) is 45.9. The lowest BCUT2D eigenvalue weighted by atomic mass is 10.9. The summed E-state index contributed by atoms with van der Waals surface area (Å²) in [5.74, 6) is -0.983. The molecule has 0 aromatic rings. The van der Waals surface area contributed by atoms with Crippen molar-refractivity contribution in [1.82, 2.24) is 0 Å².